The molecule has 136 valence electrons. The molecule has 0 atom stereocenters. The number of hydrogen-bond acceptors (Lipinski definition) is 6. The molecule has 25 heavy (non-hydrogen) atoms. The van der Waals surface area contributed by atoms with Gasteiger partial charge in [0.05, 0.1) is 23.9 Å². The number of likely N-dealkylation sites (N-methyl/N-ethyl adjacent to an activating group) is 1. The van der Waals surface area contributed by atoms with E-state index in [0.29, 0.717) is 17.8 Å². The zero-order chi connectivity index (χ0) is 18.8. The highest BCUT2D eigenvalue weighted by molar-refractivity contribution is 6.55. The number of carbonyl (C=O) groups is 1. The fourth-order valence-electron chi connectivity index (χ4n) is 2.57. The monoisotopic (exact) mass is 346 g/mol. The summed E-state index contributed by atoms with van der Waals surface area (Å²) < 4.78 is 17.0. The lowest BCUT2D eigenvalue weighted by Crippen LogP contribution is -2.41. The molecular formula is C18H27BN2O4. The van der Waals surface area contributed by atoms with Crippen molar-refractivity contribution in [2.24, 2.45) is 0 Å². The summed E-state index contributed by atoms with van der Waals surface area (Å²) in [6, 6.07) is 5.25. The van der Waals surface area contributed by atoms with Crippen molar-refractivity contribution in [3.63, 3.8) is 0 Å². The molecule has 1 fully saturated rings. The number of rotatable bonds is 5. The highest BCUT2D eigenvalue weighted by Gasteiger charge is 2.52. The topological polar surface area (TPSA) is 82.8 Å². The van der Waals surface area contributed by atoms with Crippen LogP contribution in [0.1, 0.15) is 43.6 Å². The van der Waals surface area contributed by atoms with E-state index >= 15 is 0 Å². The van der Waals surface area contributed by atoms with Crippen molar-refractivity contribution >= 4 is 24.9 Å². The molecule has 1 aliphatic heterocycles. The molecule has 6 nitrogen and oxygen atoms in total. The van der Waals surface area contributed by atoms with Crippen LogP contribution in [-0.4, -0.2) is 45.0 Å². The van der Waals surface area contributed by atoms with Gasteiger partial charge < -0.3 is 25.1 Å². The molecule has 0 unspecified atom stereocenters. The van der Waals surface area contributed by atoms with Gasteiger partial charge in [0.1, 0.15) is 0 Å². The fraction of sp³-hybridized carbons (Fsp3) is 0.500. The minimum Gasteiger partial charge on any atom is -0.465 e. The maximum Gasteiger partial charge on any atom is 0.491 e. The summed E-state index contributed by atoms with van der Waals surface area (Å²) in [5, 5.41) is 3.13. The number of ether oxygens (including phenoxy) is 1. The summed E-state index contributed by atoms with van der Waals surface area (Å²) in [7, 11) is 2.74. The van der Waals surface area contributed by atoms with Gasteiger partial charge in [-0.2, -0.15) is 0 Å². The van der Waals surface area contributed by atoms with Gasteiger partial charge in [0, 0.05) is 12.2 Å². The van der Waals surface area contributed by atoms with Gasteiger partial charge in [-0.15, -0.1) is 0 Å². The van der Waals surface area contributed by atoms with Crippen molar-refractivity contribution < 1.29 is 18.8 Å². The van der Waals surface area contributed by atoms with Crippen molar-refractivity contribution in [1.82, 2.24) is 5.32 Å². The minimum atomic E-state index is -0.462. The lowest BCUT2D eigenvalue weighted by Gasteiger charge is -2.32. The van der Waals surface area contributed by atoms with Crippen LogP contribution in [-0.2, 0) is 14.0 Å². The van der Waals surface area contributed by atoms with E-state index in [-0.39, 0.29) is 0 Å². The van der Waals surface area contributed by atoms with Crippen LogP contribution in [0.4, 0.5) is 5.69 Å². The molecule has 2 rings (SSSR count). The molecule has 0 spiro atoms. The smallest absolute Gasteiger partial charge is 0.465 e. The van der Waals surface area contributed by atoms with Crippen LogP contribution in [0.2, 0.25) is 0 Å². The number of nitrogen functional groups attached to an aromatic ring is 1. The van der Waals surface area contributed by atoms with Crippen LogP contribution in [0.5, 0.6) is 0 Å². The lowest BCUT2D eigenvalue weighted by molar-refractivity contribution is 0.00578. The molecule has 1 aliphatic rings. The number of benzene rings is 1. The number of carbonyl (C=O) groups excluding carboxylic acids is 1. The van der Waals surface area contributed by atoms with Crippen LogP contribution in [0, 0.1) is 0 Å². The summed E-state index contributed by atoms with van der Waals surface area (Å²) in [5.41, 5.74) is 7.52. The maximum absolute atomic E-state index is 11.8. The lowest BCUT2D eigenvalue weighted by atomic mass is 9.77. The Labute approximate surface area is 149 Å². The summed E-state index contributed by atoms with van der Waals surface area (Å²) >= 11 is 0. The van der Waals surface area contributed by atoms with Crippen LogP contribution >= 0.6 is 0 Å². The average molecular weight is 346 g/mol. The Morgan fingerprint density at radius 2 is 1.88 bits per heavy atom. The second-order valence-electron chi connectivity index (χ2n) is 7.18. The Hall–Kier alpha value is -1.83. The van der Waals surface area contributed by atoms with E-state index in [0.717, 1.165) is 11.0 Å². The first-order valence-corrected chi connectivity index (χ1v) is 8.30. The third-order valence-electron chi connectivity index (χ3n) is 4.77. The number of methoxy groups -OCH3 is 1. The van der Waals surface area contributed by atoms with Gasteiger partial charge in [0.2, 0.25) is 0 Å². The van der Waals surface area contributed by atoms with E-state index < -0.39 is 24.3 Å². The Bertz CT molecular complexity index is 670. The van der Waals surface area contributed by atoms with Gasteiger partial charge in [0.25, 0.3) is 0 Å². The summed E-state index contributed by atoms with van der Waals surface area (Å²) in [6.07, 6.45) is 1.95. The molecule has 0 radical (unpaired) electrons. The standard InChI is InChI=1S/C18H27BN2O4/c1-17(2)18(3,4)25-19(24-17)13(11-21-5)9-12-7-8-15(20)14(10-12)16(22)23-6/h7-10,21H,11,20H2,1-6H3. The van der Waals surface area contributed by atoms with Gasteiger partial charge in [-0.05, 0) is 57.9 Å². The number of nitrogens with one attached hydrogen (secondary N) is 1. The first-order chi connectivity index (χ1) is 11.6. The van der Waals surface area contributed by atoms with Crippen molar-refractivity contribution in [3.05, 3.63) is 34.8 Å². The van der Waals surface area contributed by atoms with Crippen LogP contribution in [0.15, 0.2) is 23.7 Å². The maximum atomic E-state index is 11.8. The number of anilines is 1. The molecule has 3 N–H and O–H groups in total. The minimum absolute atomic E-state index is 0.342. The van der Waals surface area contributed by atoms with E-state index in [1.165, 1.54) is 7.11 Å². The highest BCUT2D eigenvalue weighted by Crippen LogP contribution is 2.38. The summed E-state index contributed by atoms with van der Waals surface area (Å²) in [6.45, 7) is 8.66. The summed E-state index contributed by atoms with van der Waals surface area (Å²) in [5.74, 6) is -0.460. The largest absolute Gasteiger partial charge is 0.491 e. The normalized spacial score (nSPS) is 19.1. The van der Waals surface area contributed by atoms with Gasteiger partial charge in [-0.3, -0.25) is 0 Å². The average Bonchev–Trinajstić information content (AvgIpc) is 2.76. The number of nitrogens with two attached hydrogens (primary N) is 1. The van der Waals surface area contributed by atoms with Crippen molar-refractivity contribution in [3.8, 4) is 0 Å². The second kappa shape index (κ2) is 7.19. The van der Waals surface area contributed by atoms with E-state index in [1.807, 2.05) is 46.9 Å². The van der Waals surface area contributed by atoms with E-state index in [2.05, 4.69) is 5.32 Å². The van der Waals surface area contributed by atoms with Crippen molar-refractivity contribution in [1.29, 1.82) is 0 Å². The van der Waals surface area contributed by atoms with E-state index in [9.17, 15) is 4.79 Å². The van der Waals surface area contributed by atoms with E-state index in [4.69, 9.17) is 19.8 Å². The van der Waals surface area contributed by atoms with Crippen molar-refractivity contribution in [2.45, 2.75) is 38.9 Å². The molecule has 0 bridgehead atoms. The molecule has 1 aromatic carbocycles. The Balaban J connectivity index is 2.37. The highest BCUT2D eigenvalue weighted by atomic mass is 16.7. The zero-order valence-corrected chi connectivity index (χ0v) is 15.8. The second-order valence-corrected chi connectivity index (χ2v) is 7.18. The molecular weight excluding hydrogens is 319 g/mol. The summed E-state index contributed by atoms with van der Waals surface area (Å²) in [4.78, 5) is 11.8. The molecule has 0 aromatic heterocycles. The van der Waals surface area contributed by atoms with Gasteiger partial charge >= 0.3 is 13.1 Å². The van der Waals surface area contributed by atoms with Crippen LogP contribution in [0.3, 0.4) is 0 Å². The Kier molecular flexibility index (Phi) is 5.61. The van der Waals surface area contributed by atoms with Gasteiger partial charge in [-0.1, -0.05) is 12.1 Å². The van der Waals surface area contributed by atoms with E-state index in [1.54, 1.807) is 12.1 Å². The molecule has 0 amide bonds. The molecule has 7 heteroatoms. The van der Waals surface area contributed by atoms with Crippen LogP contribution < -0.4 is 11.1 Å². The fourth-order valence-corrected chi connectivity index (χ4v) is 2.57. The molecule has 1 saturated heterocycles. The third kappa shape index (κ3) is 4.06. The van der Waals surface area contributed by atoms with Gasteiger partial charge in [-0.25, -0.2) is 4.79 Å². The Morgan fingerprint density at radius 3 is 2.40 bits per heavy atom. The van der Waals surface area contributed by atoms with Gasteiger partial charge in [0.15, 0.2) is 0 Å². The van der Waals surface area contributed by atoms with Crippen LogP contribution in [0.25, 0.3) is 6.08 Å². The first kappa shape index (κ1) is 19.5. The molecule has 0 saturated carbocycles. The predicted molar refractivity (Wildman–Crippen MR) is 100 cm³/mol. The third-order valence-corrected chi connectivity index (χ3v) is 4.77. The quantitative estimate of drug-likeness (QED) is 0.484. The first-order valence-electron chi connectivity index (χ1n) is 8.30. The predicted octanol–water partition coefficient (Wildman–Crippen LogP) is 2.29. The number of esters is 1. The molecule has 1 heterocycles. The molecule has 0 aliphatic carbocycles. The number of hydrogen-bond donors (Lipinski definition) is 2. The zero-order valence-electron chi connectivity index (χ0n) is 15.8. The van der Waals surface area contributed by atoms with Crippen molar-refractivity contribution in [2.75, 3.05) is 26.4 Å². The Morgan fingerprint density at radius 1 is 1.28 bits per heavy atom. The molecule has 1 aromatic rings. The SMILES string of the molecule is CNCC(=Cc1ccc(N)c(C(=O)OC)c1)B1OC(C)(C)C(C)(C)O1.